The number of para-hydroxylation sites is 1. The van der Waals surface area contributed by atoms with E-state index in [9.17, 15) is 0 Å². The summed E-state index contributed by atoms with van der Waals surface area (Å²) < 4.78 is 8.13. The Hall–Kier alpha value is -0.840. The minimum absolute atomic E-state index is 0.00861. The van der Waals surface area contributed by atoms with Crippen molar-refractivity contribution in [3.8, 4) is 5.75 Å². The van der Waals surface area contributed by atoms with E-state index in [1.807, 2.05) is 30.3 Å². The average Bonchev–Trinajstić information content (AvgIpc) is 2.42. The fourth-order valence-electron chi connectivity index (χ4n) is 2.37. The highest BCUT2D eigenvalue weighted by molar-refractivity contribution is 9.13. The lowest BCUT2D eigenvalue weighted by Crippen LogP contribution is -2.24. The van der Waals surface area contributed by atoms with Gasteiger partial charge in [0.15, 0.2) is 0 Å². The summed E-state index contributed by atoms with van der Waals surface area (Å²) in [6, 6.07) is 14.2. The number of fused-ring (bicyclic) bond motifs is 1. The van der Waals surface area contributed by atoms with Gasteiger partial charge in [-0.15, -0.1) is 0 Å². The first kappa shape index (κ1) is 13.2. The topological polar surface area (TPSA) is 35.2 Å². The van der Waals surface area contributed by atoms with Gasteiger partial charge in [0.05, 0.1) is 0 Å². The molecule has 1 aliphatic rings. The molecule has 4 heteroatoms. The zero-order valence-electron chi connectivity index (χ0n) is 10.1. The second-order valence-electron chi connectivity index (χ2n) is 4.66. The number of halogens is 2. The Balaban J connectivity index is 1.94. The summed E-state index contributed by atoms with van der Waals surface area (Å²) in [6.45, 7) is 0. The first-order valence-corrected chi connectivity index (χ1v) is 7.70. The Morgan fingerprint density at radius 2 is 1.84 bits per heavy atom. The molecule has 3 rings (SSSR count). The van der Waals surface area contributed by atoms with Crippen LogP contribution >= 0.6 is 31.9 Å². The van der Waals surface area contributed by atoms with Crippen molar-refractivity contribution in [1.29, 1.82) is 0 Å². The van der Waals surface area contributed by atoms with Crippen LogP contribution in [-0.4, -0.2) is 0 Å². The highest BCUT2D eigenvalue weighted by atomic mass is 79.9. The Bertz CT molecular complexity index is 615. The normalized spacial score (nSPS) is 21.6. The van der Waals surface area contributed by atoms with E-state index in [0.717, 1.165) is 32.2 Å². The van der Waals surface area contributed by atoms with Gasteiger partial charge in [-0.3, -0.25) is 0 Å². The van der Waals surface area contributed by atoms with Gasteiger partial charge in [-0.25, -0.2) is 0 Å². The monoisotopic (exact) mass is 381 g/mol. The number of hydrogen-bond acceptors (Lipinski definition) is 2. The number of ether oxygens (including phenoxy) is 1. The largest absolute Gasteiger partial charge is 0.485 e. The van der Waals surface area contributed by atoms with E-state index in [1.165, 1.54) is 0 Å². The van der Waals surface area contributed by atoms with E-state index in [-0.39, 0.29) is 12.1 Å². The summed E-state index contributed by atoms with van der Waals surface area (Å²) in [4.78, 5) is 0. The van der Waals surface area contributed by atoms with Gasteiger partial charge in [0.2, 0.25) is 0 Å². The third-order valence-corrected chi connectivity index (χ3v) is 5.25. The molecule has 2 N–H and O–H groups in total. The number of benzene rings is 2. The van der Waals surface area contributed by atoms with Crippen molar-refractivity contribution in [2.24, 2.45) is 5.73 Å². The first-order chi connectivity index (χ1) is 9.15. The molecule has 1 unspecified atom stereocenters. The molecule has 0 saturated heterocycles. The summed E-state index contributed by atoms with van der Waals surface area (Å²) in [7, 11) is 0. The Morgan fingerprint density at radius 3 is 2.63 bits per heavy atom. The van der Waals surface area contributed by atoms with Crippen molar-refractivity contribution < 1.29 is 4.74 Å². The zero-order valence-corrected chi connectivity index (χ0v) is 13.3. The molecule has 0 spiro atoms. The predicted octanol–water partition coefficient (Wildman–Crippen LogP) is 4.74. The summed E-state index contributed by atoms with van der Waals surface area (Å²) in [6.07, 6.45) is 0.805. The van der Waals surface area contributed by atoms with Crippen molar-refractivity contribution in [3.05, 3.63) is 62.5 Å². The zero-order chi connectivity index (χ0) is 13.4. The maximum Gasteiger partial charge on any atom is 0.126 e. The quantitative estimate of drug-likeness (QED) is 0.773. The molecule has 0 aliphatic carbocycles. The van der Waals surface area contributed by atoms with E-state index in [2.05, 4.69) is 44.0 Å². The Kier molecular flexibility index (Phi) is 3.65. The molecule has 19 heavy (non-hydrogen) atoms. The van der Waals surface area contributed by atoms with E-state index in [0.29, 0.717) is 0 Å². The second kappa shape index (κ2) is 5.27. The van der Waals surface area contributed by atoms with Crippen LogP contribution in [0.1, 0.15) is 29.7 Å². The van der Waals surface area contributed by atoms with Crippen LogP contribution in [0.15, 0.2) is 51.4 Å². The summed E-state index contributed by atoms with van der Waals surface area (Å²) >= 11 is 7.00. The SMILES string of the molecule is N[C@H]1CC(c2ccc(Br)c(Br)c2)Oc2ccccc21. The standard InChI is InChI=1S/C15H13Br2NO/c16-11-6-5-9(7-12(11)17)15-8-13(18)10-3-1-2-4-14(10)19-15/h1-7,13,15H,8,18H2/t13-,15?/m0/s1. The minimum atomic E-state index is 0.00861. The highest BCUT2D eigenvalue weighted by Crippen LogP contribution is 2.40. The van der Waals surface area contributed by atoms with E-state index < -0.39 is 0 Å². The van der Waals surface area contributed by atoms with Crippen LogP contribution in [0.25, 0.3) is 0 Å². The van der Waals surface area contributed by atoms with Gasteiger partial charge in [0.1, 0.15) is 11.9 Å². The number of rotatable bonds is 1. The lowest BCUT2D eigenvalue weighted by molar-refractivity contribution is 0.161. The van der Waals surface area contributed by atoms with Crippen molar-refractivity contribution in [2.45, 2.75) is 18.6 Å². The lowest BCUT2D eigenvalue weighted by Gasteiger charge is -2.30. The number of nitrogens with two attached hydrogens (primary N) is 1. The minimum Gasteiger partial charge on any atom is -0.485 e. The van der Waals surface area contributed by atoms with E-state index in [4.69, 9.17) is 10.5 Å². The Morgan fingerprint density at radius 1 is 1.05 bits per heavy atom. The molecule has 0 bridgehead atoms. The lowest BCUT2D eigenvalue weighted by atomic mass is 9.94. The third-order valence-electron chi connectivity index (χ3n) is 3.37. The highest BCUT2D eigenvalue weighted by Gasteiger charge is 2.26. The summed E-state index contributed by atoms with van der Waals surface area (Å²) in [5, 5.41) is 0. The van der Waals surface area contributed by atoms with Gasteiger partial charge in [0, 0.05) is 27.0 Å². The molecule has 2 aromatic carbocycles. The maximum absolute atomic E-state index is 6.24. The van der Waals surface area contributed by atoms with Crippen LogP contribution in [0, 0.1) is 0 Å². The molecule has 0 radical (unpaired) electrons. The van der Waals surface area contributed by atoms with Crippen LogP contribution in [0.2, 0.25) is 0 Å². The molecule has 2 atom stereocenters. The molecule has 2 nitrogen and oxygen atoms in total. The van der Waals surface area contributed by atoms with Crippen LogP contribution in [0.4, 0.5) is 0 Å². The first-order valence-electron chi connectivity index (χ1n) is 6.11. The fraction of sp³-hybridized carbons (Fsp3) is 0.200. The van der Waals surface area contributed by atoms with Crippen LogP contribution < -0.4 is 10.5 Å². The van der Waals surface area contributed by atoms with Crippen molar-refractivity contribution in [2.75, 3.05) is 0 Å². The van der Waals surface area contributed by atoms with Gasteiger partial charge in [-0.2, -0.15) is 0 Å². The molecule has 1 heterocycles. The van der Waals surface area contributed by atoms with Gasteiger partial charge in [0.25, 0.3) is 0 Å². The van der Waals surface area contributed by atoms with Gasteiger partial charge in [-0.1, -0.05) is 24.3 Å². The molecule has 0 amide bonds. The average molecular weight is 383 g/mol. The van der Waals surface area contributed by atoms with Crippen molar-refractivity contribution >= 4 is 31.9 Å². The predicted molar refractivity (Wildman–Crippen MR) is 83.2 cm³/mol. The summed E-state index contributed by atoms with van der Waals surface area (Å²) in [5.74, 6) is 0.894. The van der Waals surface area contributed by atoms with E-state index >= 15 is 0 Å². The molecule has 0 aromatic heterocycles. The van der Waals surface area contributed by atoms with Gasteiger partial charge in [-0.05, 0) is 55.6 Å². The van der Waals surface area contributed by atoms with Gasteiger partial charge < -0.3 is 10.5 Å². The number of hydrogen-bond donors (Lipinski definition) is 1. The fourth-order valence-corrected chi connectivity index (χ4v) is 3.01. The van der Waals surface area contributed by atoms with Crippen LogP contribution in [-0.2, 0) is 0 Å². The van der Waals surface area contributed by atoms with Crippen LogP contribution in [0.3, 0.4) is 0 Å². The Labute approximate surface area is 129 Å². The van der Waals surface area contributed by atoms with Crippen molar-refractivity contribution in [3.63, 3.8) is 0 Å². The molecule has 2 aromatic rings. The van der Waals surface area contributed by atoms with Gasteiger partial charge >= 0.3 is 0 Å². The molecular weight excluding hydrogens is 370 g/mol. The molecular formula is C15H13Br2NO. The van der Waals surface area contributed by atoms with Crippen molar-refractivity contribution in [1.82, 2.24) is 0 Å². The molecule has 98 valence electrons. The molecule has 1 aliphatic heterocycles. The summed E-state index contributed by atoms with van der Waals surface area (Å²) in [5.41, 5.74) is 8.47. The molecule has 0 saturated carbocycles. The van der Waals surface area contributed by atoms with Crippen LogP contribution in [0.5, 0.6) is 5.75 Å². The second-order valence-corrected chi connectivity index (χ2v) is 6.37. The van der Waals surface area contributed by atoms with E-state index in [1.54, 1.807) is 0 Å². The third kappa shape index (κ3) is 2.57. The maximum atomic E-state index is 6.24. The molecule has 0 fully saturated rings. The smallest absolute Gasteiger partial charge is 0.126 e.